The van der Waals surface area contributed by atoms with Crippen molar-refractivity contribution >= 4 is 5.97 Å². The number of rotatable bonds is 22. The molecule has 1 N–H and O–H groups in total. The fraction of sp³-hybridized carbons (Fsp3) is 0.960. The highest BCUT2D eigenvalue weighted by molar-refractivity contribution is 5.69. The molecule has 0 amide bonds. The normalized spacial score (nSPS) is 12.2. The Balaban J connectivity index is 3.07. The Labute approximate surface area is 176 Å². The standard InChI is InChI=1S/C25H50O3/c1-3-4-5-6-7-8-9-10-11-12-13-14-15-16-17-18-19-20-21-22-25(27)28-23-24(2)26/h24,26H,3-23H2,1-2H3. The fourth-order valence-corrected chi connectivity index (χ4v) is 3.63. The largest absolute Gasteiger partial charge is 0.463 e. The van der Waals surface area contributed by atoms with Gasteiger partial charge in [-0.25, -0.2) is 0 Å². The van der Waals surface area contributed by atoms with Gasteiger partial charge in [0.25, 0.3) is 0 Å². The van der Waals surface area contributed by atoms with Crippen LogP contribution in [-0.4, -0.2) is 23.8 Å². The first-order chi connectivity index (χ1) is 13.7. The summed E-state index contributed by atoms with van der Waals surface area (Å²) in [6, 6.07) is 0. The molecule has 168 valence electrons. The van der Waals surface area contributed by atoms with Crippen LogP contribution in [0.2, 0.25) is 0 Å². The van der Waals surface area contributed by atoms with Gasteiger partial charge in [0, 0.05) is 6.42 Å². The van der Waals surface area contributed by atoms with E-state index < -0.39 is 6.10 Å². The summed E-state index contributed by atoms with van der Waals surface area (Å²) in [5.74, 6) is -0.173. The van der Waals surface area contributed by atoms with E-state index in [0.29, 0.717) is 6.42 Å². The number of ether oxygens (including phenoxy) is 1. The third-order valence-corrected chi connectivity index (χ3v) is 5.47. The van der Waals surface area contributed by atoms with Crippen molar-refractivity contribution in [1.82, 2.24) is 0 Å². The molecule has 0 bridgehead atoms. The molecule has 1 unspecified atom stereocenters. The molecule has 0 aromatic heterocycles. The lowest BCUT2D eigenvalue weighted by atomic mass is 10.0. The third-order valence-electron chi connectivity index (χ3n) is 5.47. The van der Waals surface area contributed by atoms with Crippen molar-refractivity contribution in [2.75, 3.05) is 6.61 Å². The van der Waals surface area contributed by atoms with Crippen molar-refractivity contribution < 1.29 is 14.6 Å². The van der Waals surface area contributed by atoms with E-state index >= 15 is 0 Å². The molecule has 0 spiro atoms. The summed E-state index contributed by atoms with van der Waals surface area (Å²) in [4.78, 5) is 11.4. The molecule has 3 heteroatoms. The van der Waals surface area contributed by atoms with Crippen molar-refractivity contribution in [1.29, 1.82) is 0 Å². The molecule has 0 rings (SSSR count). The van der Waals surface area contributed by atoms with Crippen LogP contribution >= 0.6 is 0 Å². The number of esters is 1. The summed E-state index contributed by atoms with van der Waals surface area (Å²) < 4.78 is 4.95. The maximum absolute atomic E-state index is 11.4. The molecule has 0 aliphatic rings. The molecule has 28 heavy (non-hydrogen) atoms. The minimum Gasteiger partial charge on any atom is -0.463 e. The predicted molar refractivity (Wildman–Crippen MR) is 121 cm³/mol. The average Bonchev–Trinajstić information content (AvgIpc) is 2.68. The van der Waals surface area contributed by atoms with Gasteiger partial charge in [0.1, 0.15) is 6.61 Å². The summed E-state index contributed by atoms with van der Waals surface area (Å²) in [5, 5.41) is 9.06. The number of hydrogen-bond acceptors (Lipinski definition) is 3. The number of aliphatic hydroxyl groups excluding tert-OH is 1. The third kappa shape index (κ3) is 23.5. The van der Waals surface area contributed by atoms with Crippen LogP contribution in [0.25, 0.3) is 0 Å². The van der Waals surface area contributed by atoms with Crippen LogP contribution in [0.15, 0.2) is 0 Å². The minimum absolute atomic E-state index is 0.123. The van der Waals surface area contributed by atoms with E-state index in [2.05, 4.69) is 6.92 Å². The Morgan fingerprint density at radius 3 is 1.29 bits per heavy atom. The summed E-state index contributed by atoms with van der Waals surface area (Å²) in [6.07, 6.45) is 25.7. The van der Waals surface area contributed by atoms with Gasteiger partial charge in [0.15, 0.2) is 0 Å². The van der Waals surface area contributed by atoms with Gasteiger partial charge in [-0.05, 0) is 13.3 Å². The Morgan fingerprint density at radius 1 is 0.643 bits per heavy atom. The quantitative estimate of drug-likeness (QED) is 0.150. The topological polar surface area (TPSA) is 46.5 Å². The average molecular weight is 399 g/mol. The predicted octanol–water partition coefficient (Wildman–Crippen LogP) is 7.73. The van der Waals surface area contributed by atoms with Crippen LogP contribution in [0.4, 0.5) is 0 Å². The van der Waals surface area contributed by atoms with E-state index in [0.717, 1.165) is 12.8 Å². The summed E-state index contributed by atoms with van der Waals surface area (Å²) >= 11 is 0. The van der Waals surface area contributed by atoms with E-state index in [1.807, 2.05) is 0 Å². The minimum atomic E-state index is -0.561. The Morgan fingerprint density at radius 2 is 0.964 bits per heavy atom. The Bertz CT molecular complexity index is 315. The van der Waals surface area contributed by atoms with Gasteiger partial charge in [0.2, 0.25) is 0 Å². The molecule has 0 aliphatic carbocycles. The lowest BCUT2D eigenvalue weighted by molar-refractivity contribution is -0.146. The molecular weight excluding hydrogens is 348 g/mol. The maximum atomic E-state index is 11.4. The van der Waals surface area contributed by atoms with Crippen molar-refractivity contribution in [3.8, 4) is 0 Å². The van der Waals surface area contributed by atoms with Gasteiger partial charge < -0.3 is 9.84 Å². The van der Waals surface area contributed by atoms with Crippen LogP contribution in [0.3, 0.4) is 0 Å². The second kappa shape index (κ2) is 22.7. The van der Waals surface area contributed by atoms with E-state index in [9.17, 15) is 4.79 Å². The SMILES string of the molecule is CCCCCCCCCCCCCCCCCCCCCC(=O)OCC(C)O. The first kappa shape index (κ1) is 27.4. The lowest BCUT2D eigenvalue weighted by Gasteiger charge is -2.06. The fourth-order valence-electron chi connectivity index (χ4n) is 3.63. The molecule has 0 saturated heterocycles. The number of hydrogen-bond donors (Lipinski definition) is 1. The van der Waals surface area contributed by atoms with E-state index in [-0.39, 0.29) is 12.6 Å². The van der Waals surface area contributed by atoms with Gasteiger partial charge in [-0.15, -0.1) is 0 Å². The van der Waals surface area contributed by atoms with Gasteiger partial charge in [-0.3, -0.25) is 4.79 Å². The summed E-state index contributed by atoms with van der Waals surface area (Å²) in [7, 11) is 0. The Hall–Kier alpha value is -0.570. The molecule has 0 fully saturated rings. The number of carbonyl (C=O) groups excluding carboxylic acids is 1. The summed E-state index contributed by atoms with van der Waals surface area (Å²) in [5.41, 5.74) is 0. The van der Waals surface area contributed by atoms with Crippen LogP contribution in [-0.2, 0) is 9.53 Å². The molecule has 0 aromatic rings. The van der Waals surface area contributed by atoms with Gasteiger partial charge in [0.05, 0.1) is 6.10 Å². The number of aliphatic hydroxyl groups is 1. The smallest absolute Gasteiger partial charge is 0.305 e. The van der Waals surface area contributed by atoms with Crippen LogP contribution in [0.5, 0.6) is 0 Å². The molecule has 0 saturated carbocycles. The second-order valence-corrected chi connectivity index (χ2v) is 8.65. The number of unbranched alkanes of at least 4 members (excludes halogenated alkanes) is 18. The molecule has 0 aliphatic heterocycles. The monoisotopic (exact) mass is 398 g/mol. The highest BCUT2D eigenvalue weighted by Crippen LogP contribution is 2.14. The van der Waals surface area contributed by atoms with Crippen LogP contribution in [0.1, 0.15) is 142 Å². The van der Waals surface area contributed by atoms with Crippen molar-refractivity contribution in [3.05, 3.63) is 0 Å². The lowest BCUT2D eigenvalue weighted by Crippen LogP contribution is -2.14. The molecule has 1 atom stereocenters. The van der Waals surface area contributed by atoms with Crippen molar-refractivity contribution in [3.63, 3.8) is 0 Å². The first-order valence-corrected chi connectivity index (χ1v) is 12.5. The van der Waals surface area contributed by atoms with Gasteiger partial charge in [-0.2, -0.15) is 0 Å². The zero-order valence-corrected chi connectivity index (χ0v) is 19.2. The van der Waals surface area contributed by atoms with Gasteiger partial charge in [-0.1, -0.05) is 122 Å². The Kier molecular flexibility index (Phi) is 22.3. The van der Waals surface area contributed by atoms with Crippen LogP contribution in [0, 0.1) is 0 Å². The summed E-state index contributed by atoms with van der Waals surface area (Å²) in [6.45, 7) is 4.04. The first-order valence-electron chi connectivity index (χ1n) is 12.5. The number of carbonyl (C=O) groups is 1. The maximum Gasteiger partial charge on any atom is 0.305 e. The van der Waals surface area contributed by atoms with Gasteiger partial charge >= 0.3 is 5.97 Å². The van der Waals surface area contributed by atoms with E-state index in [1.165, 1.54) is 109 Å². The van der Waals surface area contributed by atoms with Crippen molar-refractivity contribution in [2.45, 2.75) is 148 Å². The van der Waals surface area contributed by atoms with Crippen molar-refractivity contribution in [2.24, 2.45) is 0 Å². The van der Waals surface area contributed by atoms with E-state index in [1.54, 1.807) is 6.92 Å². The second-order valence-electron chi connectivity index (χ2n) is 8.65. The highest BCUT2D eigenvalue weighted by atomic mass is 16.5. The zero-order valence-electron chi connectivity index (χ0n) is 19.2. The molecular formula is C25H50O3. The van der Waals surface area contributed by atoms with Crippen LogP contribution < -0.4 is 0 Å². The molecule has 0 aromatic carbocycles. The zero-order chi connectivity index (χ0) is 20.7. The van der Waals surface area contributed by atoms with E-state index in [4.69, 9.17) is 9.84 Å². The molecule has 0 radical (unpaired) electrons. The highest BCUT2D eigenvalue weighted by Gasteiger charge is 2.04. The molecule has 3 nitrogen and oxygen atoms in total. The molecule has 0 heterocycles.